The van der Waals surface area contributed by atoms with Crippen molar-refractivity contribution in [1.29, 1.82) is 0 Å². The van der Waals surface area contributed by atoms with E-state index in [9.17, 15) is 14.7 Å². The fourth-order valence-corrected chi connectivity index (χ4v) is 4.16. The number of piperidine rings is 1. The largest absolute Gasteiger partial charge is 0.507 e. The Labute approximate surface area is 140 Å². The first-order valence-corrected chi connectivity index (χ1v) is 8.62. The molecule has 0 spiro atoms. The summed E-state index contributed by atoms with van der Waals surface area (Å²) in [5.74, 6) is 1.23. The van der Waals surface area contributed by atoms with Gasteiger partial charge in [0.05, 0.1) is 6.42 Å². The van der Waals surface area contributed by atoms with Crippen molar-refractivity contribution in [1.82, 2.24) is 10.2 Å². The Bertz CT molecular complexity index is 674. The predicted octanol–water partition coefficient (Wildman–Crippen LogP) is 1.93. The third-order valence-corrected chi connectivity index (χ3v) is 5.87. The molecule has 1 saturated heterocycles. The summed E-state index contributed by atoms with van der Waals surface area (Å²) < 4.78 is 0. The Morgan fingerprint density at radius 3 is 2.50 bits per heavy atom. The number of benzene rings is 1. The number of hydrogen-bond acceptors (Lipinski definition) is 3. The number of fused-ring (bicyclic) bond motifs is 1. The van der Waals surface area contributed by atoms with E-state index < -0.39 is 6.09 Å². The number of phenolic OH excluding ortho intramolecular Hbond substituents is 1. The molecule has 24 heavy (non-hydrogen) atoms. The smallest absolute Gasteiger partial charge is 0.404 e. The van der Waals surface area contributed by atoms with Crippen LogP contribution in [0.2, 0.25) is 0 Å². The number of aromatic hydroxyl groups is 1. The number of nitrogens with one attached hydrogen (secondary N) is 1. The number of para-hydroxylation sites is 1. The normalized spacial score (nSPS) is 28.2. The molecule has 6 heteroatoms. The lowest BCUT2D eigenvalue weighted by Crippen LogP contribution is -2.37. The van der Waals surface area contributed by atoms with Crippen molar-refractivity contribution in [2.24, 2.45) is 11.8 Å². The number of carbonyl (C=O) groups excluding carboxylic acids is 1. The third-order valence-electron chi connectivity index (χ3n) is 5.87. The van der Waals surface area contributed by atoms with E-state index in [0.29, 0.717) is 24.6 Å². The summed E-state index contributed by atoms with van der Waals surface area (Å²) in [5, 5.41) is 21.7. The van der Waals surface area contributed by atoms with Crippen LogP contribution in [0, 0.1) is 11.8 Å². The van der Waals surface area contributed by atoms with Crippen LogP contribution in [0.15, 0.2) is 18.2 Å². The molecule has 0 aromatic heterocycles. The molecule has 1 aliphatic heterocycles. The Morgan fingerprint density at radius 2 is 1.92 bits per heavy atom. The second-order valence-electron chi connectivity index (χ2n) is 7.26. The molecule has 3 N–H and O–H groups in total. The van der Waals surface area contributed by atoms with Crippen LogP contribution in [0.5, 0.6) is 5.75 Å². The standard InChI is InChI=1S/C18H22N2O4/c21-15(20-8-13-14(9-20)16(13)19-18(23)24)7-11-5-2-6-12(17(11)22)10-3-1-4-10/h2,5-6,10,13-14,16,19,22H,1,3-4,7-9H2,(H,23,24). The predicted molar refractivity (Wildman–Crippen MR) is 86.9 cm³/mol. The van der Waals surface area contributed by atoms with E-state index in [1.165, 1.54) is 6.42 Å². The van der Waals surface area contributed by atoms with Gasteiger partial charge in [0.25, 0.3) is 0 Å². The second kappa shape index (κ2) is 5.69. The summed E-state index contributed by atoms with van der Waals surface area (Å²) >= 11 is 0. The van der Waals surface area contributed by atoms with E-state index in [1.54, 1.807) is 4.90 Å². The lowest BCUT2D eigenvalue weighted by atomic mass is 9.79. The quantitative estimate of drug-likeness (QED) is 0.787. The number of carboxylic acid groups (broad SMARTS) is 1. The first kappa shape index (κ1) is 15.3. The van der Waals surface area contributed by atoms with E-state index in [4.69, 9.17) is 5.11 Å². The highest BCUT2D eigenvalue weighted by Crippen LogP contribution is 2.46. The molecule has 1 heterocycles. The van der Waals surface area contributed by atoms with Crippen molar-refractivity contribution in [3.63, 3.8) is 0 Å². The Balaban J connectivity index is 1.37. The van der Waals surface area contributed by atoms with Crippen molar-refractivity contribution < 1.29 is 19.8 Å². The molecule has 2 saturated carbocycles. The highest BCUT2D eigenvalue weighted by molar-refractivity contribution is 5.80. The van der Waals surface area contributed by atoms with Crippen LogP contribution in [0.4, 0.5) is 4.79 Å². The number of likely N-dealkylation sites (tertiary alicyclic amines) is 1. The van der Waals surface area contributed by atoms with E-state index in [-0.39, 0.29) is 36.0 Å². The molecular formula is C18H22N2O4. The fraction of sp³-hybridized carbons (Fsp3) is 0.556. The first-order chi connectivity index (χ1) is 11.5. The number of nitrogens with zero attached hydrogens (tertiary/aromatic N) is 1. The van der Waals surface area contributed by atoms with Gasteiger partial charge in [-0.1, -0.05) is 24.6 Å². The molecule has 2 atom stereocenters. The monoisotopic (exact) mass is 330 g/mol. The van der Waals surface area contributed by atoms with Gasteiger partial charge in [0.15, 0.2) is 0 Å². The molecule has 2 unspecified atom stereocenters. The number of amides is 2. The number of carbonyl (C=O) groups is 2. The Kier molecular flexibility index (Phi) is 3.62. The molecule has 1 aromatic rings. The summed E-state index contributed by atoms with van der Waals surface area (Å²) in [4.78, 5) is 25.0. The lowest BCUT2D eigenvalue weighted by Gasteiger charge is -2.27. The third kappa shape index (κ3) is 2.60. The van der Waals surface area contributed by atoms with Crippen LogP contribution in [0.1, 0.15) is 36.3 Å². The molecule has 128 valence electrons. The van der Waals surface area contributed by atoms with Crippen molar-refractivity contribution in [2.75, 3.05) is 13.1 Å². The minimum Gasteiger partial charge on any atom is -0.507 e. The SMILES string of the molecule is O=C(O)NC1C2CN(C(=O)Cc3cccc(C4CCC4)c3O)CC21. The molecule has 1 aromatic carbocycles. The van der Waals surface area contributed by atoms with E-state index >= 15 is 0 Å². The van der Waals surface area contributed by atoms with Crippen molar-refractivity contribution in [3.8, 4) is 5.75 Å². The zero-order valence-corrected chi connectivity index (χ0v) is 13.4. The number of hydrogen-bond donors (Lipinski definition) is 3. The van der Waals surface area contributed by atoms with Crippen LogP contribution in [-0.2, 0) is 11.2 Å². The zero-order chi connectivity index (χ0) is 16.8. The van der Waals surface area contributed by atoms with E-state index in [0.717, 1.165) is 18.4 Å². The maximum absolute atomic E-state index is 12.5. The van der Waals surface area contributed by atoms with Gasteiger partial charge in [0.1, 0.15) is 5.75 Å². The van der Waals surface area contributed by atoms with Gasteiger partial charge in [-0.2, -0.15) is 0 Å². The molecule has 0 bridgehead atoms. The fourth-order valence-electron chi connectivity index (χ4n) is 4.16. The number of phenols is 1. The zero-order valence-electron chi connectivity index (χ0n) is 13.4. The van der Waals surface area contributed by atoms with Gasteiger partial charge in [-0.3, -0.25) is 4.79 Å². The van der Waals surface area contributed by atoms with Gasteiger partial charge in [0.2, 0.25) is 5.91 Å². The van der Waals surface area contributed by atoms with Crippen molar-refractivity contribution in [2.45, 2.75) is 37.6 Å². The molecule has 2 aliphatic carbocycles. The molecule has 2 amide bonds. The highest BCUT2D eigenvalue weighted by atomic mass is 16.4. The topological polar surface area (TPSA) is 89.9 Å². The maximum Gasteiger partial charge on any atom is 0.404 e. The Morgan fingerprint density at radius 1 is 1.21 bits per heavy atom. The van der Waals surface area contributed by atoms with Gasteiger partial charge in [-0.25, -0.2) is 4.79 Å². The average Bonchev–Trinajstić information content (AvgIpc) is 2.93. The van der Waals surface area contributed by atoms with Crippen LogP contribution in [0.25, 0.3) is 0 Å². The average molecular weight is 330 g/mol. The first-order valence-electron chi connectivity index (χ1n) is 8.62. The van der Waals surface area contributed by atoms with Gasteiger partial charge >= 0.3 is 6.09 Å². The molecular weight excluding hydrogens is 308 g/mol. The second-order valence-corrected chi connectivity index (χ2v) is 7.26. The summed E-state index contributed by atoms with van der Waals surface area (Å²) in [6, 6.07) is 5.70. The van der Waals surface area contributed by atoms with Gasteiger partial charge in [-0.05, 0) is 24.3 Å². The summed E-state index contributed by atoms with van der Waals surface area (Å²) in [6.45, 7) is 1.22. The summed E-state index contributed by atoms with van der Waals surface area (Å²) in [5.41, 5.74) is 1.67. The maximum atomic E-state index is 12.5. The molecule has 6 nitrogen and oxygen atoms in total. The van der Waals surface area contributed by atoms with E-state index in [1.807, 2.05) is 18.2 Å². The van der Waals surface area contributed by atoms with Gasteiger partial charge in [0, 0.05) is 36.5 Å². The van der Waals surface area contributed by atoms with Crippen molar-refractivity contribution in [3.05, 3.63) is 29.3 Å². The van der Waals surface area contributed by atoms with Crippen LogP contribution < -0.4 is 5.32 Å². The summed E-state index contributed by atoms with van der Waals surface area (Å²) in [7, 11) is 0. The minimum absolute atomic E-state index is 0.00176. The molecule has 4 rings (SSSR count). The van der Waals surface area contributed by atoms with Crippen LogP contribution in [0.3, 0.4) is 0 Å². The lowest BCUT2D eigenvalue weighted by molar-refractivity contribution is -0.130. The highest BCUT2D eigenvalue weighted by Gasteiger charge is 2.57. The molecule has 0 radical (unpaired) electrons. The summed E-state index contributed by atoms with van der Waals surface area (Å²) in [6.07, 6.45) is 2.64. The van der Waals surface area contributed by atoms with E-state index in [2.05, 4.69) is 5.32 Å². The van der Waals surface area contributed by atoms with Gasteiger partial charge < -0.3 is 20.4 Å². The minimum atomic E-state index is -0.995. The number of rotatable bonds is 4. The molecule has 3 aliphatic rings. The Hall–Kier alpha value is -2.24. The van der Waals surface area contributed by atoms with Crippen molar-refractivity contribution >= 4 is 12.0 Å². The van der Waals surface area contributed by atoms with Crippen LogP contribution >= 0.6 is 0 Å². The molecule has 3 fully saturated rings. The van der Waals surface area contributed by atoms with Gasteiger partial charge in [-0.15, -0.1) is 0 Å². The van der Waals surface area contributed by atoms with Crippen LogP contribution in [-0.4, -0.2) is 46.2 Å².